The summed E-state index contributed by atoms with van der Waals surface area (Å²) < 4.78 is 12.1. The Balaban J connectivity index is 2.36. The Morgan fingerprint density at radius 2 is 0.964 bits per heavy atom. The Morgan fingerprint density at radius 3 is 1.29 bits per heavy atom. The molecule has 0 saturated heterocycles. The molecule has 0 radical (unpaired) electrons. The van der Waals surface area contributed by atoms with Crippen molar-refractivity contribution >= 4 is 34.8 Å². The lowest BCUT2D eigenvalue weighted by Gasteiger charge is -2.24. The van der Waals surface area contributed by atoms with Gasteiger partial charge in [-0.3, -0.25) is 0 Å². The third-order valence-corrected chi connectivity index (χ3v) is 5.19. The minimum Gasteiger partial charge on any atom is -0.431 e. The van der Waals surface area contributed by atoms with E-state index in [0.29, 0.717) is 21.8 Å². The van der Waals surface area contributed by atoms with Crippen LogP contribution < -0.4 is 9.47 Å². The molecule has 2 aromatic carbocycles. The second kappa shape index (κ2) is 11.0. The summed E-state index contributed by atoms with van der Waals surface area (Å²) in [6.45, 7) is 11.4. The number of ether oxygens (including phenoxy) is 2. The highest BCUT2D eigenvalue weighted by molar-refractivity contribution is 7.80. The largest absolute Gasteiger partial charge is 0.431 e. The molecule has 2 aromatic rings. The first-order valence-electron chi connectivity index (χ1n) is 9.67. The maximum absolute atomic E-state index is 6.05. The fourth-order valence-electron chi connectivity index (χ4n) is 2.84. The maximum Gasteiger partial charge on any atom is 0.264 e. The van der Waals surface area contributed by atoms with Crippen LogP contribution in [-0.4, -0.2) is 46.3 Å². The highest BCUT2D eigenvalue weighted by Crippen LogP contribution is 2.36. The van der Waals surface area contributed by atoms with E-state index < -0.39 is 0 Å². The molecule has 0 aliphatic heterocycles. The van der Waals surface area contributed by atoms with E-state index in [9.17, 15) is 0 Å². The van der Waals surface area contributed by atoms with E-state index in [1.165, 1.54) is 0 Å². The van der Waals surface area contributed by atoms with Gasteiger partial charge in [-0.25, -0.2) is 0 Å². The van der Waals surface area contributed by atoms with Gasteiger partial charge in [0.2, 0.25) is 0 Å². The molecule has 0 spiro atoms. The van der Waals surface area contributed by atoms with Crippen LogP contribution in [0.25, 0.3) is 11.1 Å². The van der Waals surface area contributed by atoms with Crippen molar-refractivity contribution in [3.05, 3.63) is 48.5 Å². The fraction of sp³-hybridized carbons (Fsp3) is 0.364. The first kappa shape index (κ1) is 22.1. The Bertz CT molecular complexity index is 735. The third kappa shape index (κ3) is 5.42. The molecule has 28 heavy (non-hydrogen) atoms. The number of benzene rings is 2. The van der Waals surface area contributed by atoms with Crippen LogP contribution in [0.15, 0.2) is 48.5 Å². The van der Waals surface area contributed by atoms with Crippen LogP contribution in [-0.2, 0) is 0 Å². The van der Waals surface area contributed by atoms with Crippen LogP contribution in [0.5, 0.6) is 11.5 Å². The number of para-hydroxylation sites is 2. The second-order valence-electron chi connectivity index (χ2n) is 6.07. The summed E-state index contributed by atoms with van der Waals surface area (Å²) in [4.78, 5) is 4.01. The standard InChI is InChI=1S/C22H28N2O2S2/c1-5-23(6-2)21(27)25-19-15-11-9-13-17(19)18-14-10-12-16-20(18)26-22(28)24(7-3)8-4/h9-16H,5-8H2,1-4H3. The highest BCUT2D eigenvalue weighted by atomic mass is 32.1. The predicted octanol–water partition coefficient (Wildman–Crippen LogP) is 5.36. The molecular weight excluding hydrogens is 388 g/mol. The summed E-state index contributed by atoms with van der Waals surface area (Å²) in [7, 11) is 0. The molecular formula is C22H28N2O2S2. The number of hydrogen-bond donors (Lipinski definition) is 0. The van der Waals surface area contributed by atoms with E-state index >= 15 is 0 Å². The minimum atomic E-state index is 0.467. The summed E-state index contributed by atoms with van der Waals surface area (Å²) in [6.07, 6.45) is 0. The SMILES string of the molecule is CCN(CC)C(=S)Oc1ccccc1-c1ccccc1OC(=S)N(CC)CC. The van der Waals surface area contributed by atoms with Gasteiger partial charge in [0.15, 0.2) is 0 Å². The van der Waals surface area contributed by atoms with Gasteiger partial charge in [0, 0.05) is 37.3 Å². The predicted molar refractivity (Wildman–Crippen MR) is 124 cm³/mol. The van der Waals surface area contributed by atoms with Crippen LogP contribution in [0.2, 0.25) is 0 Å². The normalized spacial score (nSPS) is 10.3. The number of nitrogens with zero attached hydrogens (tertiary/aromatic N) is 2. The molecule has 0 bridgehead atoms. The van der Waals surface area contributed by atoms with Crippen molar-refractivity contribution in [2.45, 2.75) is 27.7 Å². The smallest absolute Gasteiger partial charge is 0.264 e. The third-order valence-electron chi connectivity index (χ3n) is 4.50. The Morgan fingerprint density at radius 1 is 0.643 bits per heavy atom. The van der Waals surface area contributed by atoms with Gasteiger partial charge in [-0.1, -0.05) is 36.4 Å². The van der Waals surface area contributed by atoms with E-state index in [-0.39, 0.29) is 0 Å². The highest BCUT2D eigenvalue weighted by Gasteiger charge is 2.16. The Kier molecular flexibility index (Phi) is 8.67. The summed E-state index contributed by atoms with van der Waals surface area (Å²) in [5.74, 6) is 1.40. The molecule has 0 atom stereocenters. The van der Waals surface area contributed by atoms with Crippen molar-refractivity contribution in [1.82, 2.24) is 9.80 Å². The van der Waals surface area contributed by atoms with E-state index in [2.05, 4.69) is 27.7 Å². The first-order chi connectivity index (χ1) is 13.5. The van der Waals surface area contributed by atoms with Crippen molar-refractivity contribution in [2.24, 2.45) is 0 Å². The second-order valence-corrected chi connectivity index (χ2v) is 6.77. The zero-order valence-electron chi connectivity index (χ0n) is 17.0. The molecule has 4 nitrogen and oxygen atoms in total. The van der Waals surface area contributed by atoms with E-state index in [1.54, 1.807) is 0 Å². The number of hydrogen-bond acceptors (Lipinski definition) is 4. The molecule has 0 aromatic heterocycles. The van der Waals surface area contributed by atoms with Crippen molar-refractivity contribution in [1.29, 1.82) is 0 Å². The lowest BCUT2D eigenvalue weighted by atomic mass is 10.0. The molecule has 0 fully saturated rings. The van der Waals surface area contributed by atoms with Crippen LogP contribution in [0.4, 0.5) is 0 Å². The molecule has 0 heterocycles. The molecule has 0 unspecified atom stereocenters. The molecule has 0 aliphatic rings. The number of rotatable bonds is 7. The van der Waals surface area contributed by atoms with Crippen molar-refractivity contribution in [3.63, 3.8) is 0 Å². The minimum absolute atomic E-state index is 0.467. The molecule has 0 N–H and O–H groups in total. The molecule has 0 saturated carbocycles. The number of thiocarbonyl (C=S) groups is 2. The van der Waals surface area contributed by atoms with Crippen molar-refractivity contribution < 1.29 is 9.47 Å². The Labute approximate surface area is 179 Å². The molecule has 2 rings (SSSR count). The van der Waals surface area contributed by atoms with E-state index in [1.807, 2.05) is 58.3 Å². The molecule has 150 valence electrons. The van der Waals surface area contributed by atoms with Gasteiger partial charge in [-0.2, -0.15) is 0 Å². The lowest BCUT2D eigenvalue weighted by Crippen LogP contribution is -2.33. The van der Waals surface area contributed by atoms with Crippen LogP contribution >= 0.6 is 24.4 Å². The van der Waals surface area contributed by atoms with Gasteiger partial charge in [0.05, 0.1) is 0 Å². The zero-order chi connectivity index (χ0) is 20.5. The van der Waals surface area contributed by atoms with Gasteiger partial charge < -0.3 is 19.3 Å². The van der Waals surface area contributed by atoms with Crippen molar-refractivity contribution in [2.75, 3.05) is 26.2 Å². The monoisotopic (exact) mass is 416 g/mol. The van der Waals surface area contributed by atoms with E-state index in [4.69, 9.17) is 33.9 Å². The topological polar surface area (TPSA) is 24.9 Å². The van der Waals surface area contributed by atoms with Crippen LogP contribution in [0, 0.1) is 0 Å². The van der Waals surface area contributed by atoms with Crippen molar-refractivity contribution in [3.8, 4) is 22.6 Å². The molecule has 0 aliphatic carbocycles. The van der Waals surface area contributed by atoms with Gasteiger partial charge in [0.25, 0.3) is 10.3 Å². The van der Waals surface area contributed by atoms with Gasteiger partial charge >= 0.3 is 0 Å². The quantitative estimate of drug-likeness (QED) is 0.563. The summed E-state index contributed by atoms with van der Waals surface area (Å²) in [5, 5.41) is 0.934. The Hall–Kier alpha value is -2.18. The van der Waals surface area contributed by atoms with Gasteiger partial charge in [-0.15, -0.1) is 0 Å². The van der Waals surface area contributed by atoms with Gasteiger partial charge in [-0.05, 0) is 64.3 Å². The van der Waals surface area contributed by atoms with Crippen LogP contribution in [0.1, 0.15) is 27.7 Å². The van der Waals surface area contributed by atoms with E-state index in [0.717, 1.165) is 37.3 Å². The summed E-state index contributed by atoms with van der Waals surface area (Å²) in [6, 6.07) is 15.7. The molecule has 0 amide bonds. The first-order valence-corrected chi connectivity index (χ1v) is 10.5. The fourth-order valence-corrected chi connectivity index (χ4v) is 3.53. The maximum atomic E-state index is 6.05. The average molecular weight is 417 g/mol. The lowest BCUT2D eigenvalue weighted by molar-refractivity contribution is 0.377. The van der Waals surface area contributed by atoms with Crippen LogP contribution in [0.3, 0.4) is 0 Å². The average Bonchev–Trinajstić information content (AvgIpc) is 2.71. The van der Waals surface area contributed by atoms with Gasteiger partial charge in [0.1, 0.15) is 11.5 Å². The summed E-state index contributed by atoms with van der Waals surface area (Å²) in [5.41, 5.74) is 1.82. The summed E-state index contributed by atoms with van der Waals surface area (Å²) >= 11 is 11.0. The molecule has 6 heteroatoms. The zero-order valence-corrected chi connectivity index (χ0v) is 18.6.